The topological polar surface area (TPSA) is 114 Å². The number of hydrogen-bond acceptors (Lipinski definition) is 6. The molecule has 0 fully saturated rings. The van der Waals surface area contributed by atoms with E-state index in [1.807, 2.05) is 0 Å². The van der Waals surface area contributed by atoms with Crippen LogP contribution in [0.3, 0.4) is 0 Å². The van der Waals surface area contributed by atoms with Crippen LogP contribution >= 0.6 is 23.2 Å². The number of halogens is 2. The summed E-state index contributed by atoms with van der Waals surface area (Å²) >= 11 is 12.5. The standard InChI is InChI=1S/C17H11Cl2NO7/c18-6-3-9(19)13-10(4-6)20-15(27-17(23)24)14-12(13)8-5-7(25-16(21)22)1-2-11(8)26-14/h1-5,9,14-15,20H,(H,21,22)(H,23,24). The summed E-state index contributed by atoms with van der Waals surface area (Å²) in [7, 11) is 0. The van der Waals surface area contributed by atoms with E-state index >= 15 is 0 Å². The van der Waals surface area contributed by atoms with Crippen LogP contribution < -0.4 is 14.8 Å². The fourth-order valence-electron chi connectivity index (χ4n) is 3.32. The second-order valence-electron chi connectivity index (χ2n) is 5.85. The van der Waals surface area contributed by atoms with Gasteiger partial charge in [0, 0.05) is 27.4 Å². The van der Waals surface area contributed by atoms with Crippen molar-refractivity contribution in [3.63, 3.8) is 0 Å². The summed E-state index contributed by atoms with van der Waals surface area (Å²) < 4.78 is 15.5. The van der Waals surface area contributed by atoms with E-state index in [9.17, 15) is 9.59 Å². The number of rotatable bonds is 2. The van der Waals surface area contributed by atoms with Crippen LogP contribution in [0.15, 0.2) is 46.7 Å². The minimum absolute atomic E-state index is 0.0915. The Hall–Kier alpha value is -2.84. The summed E-state index contributed by atoms with van der Waals surface area (Å²) in [6.45, 7) is 0. The number of allylic oxidation sites excluding steroid dienone is 4. The van der Waals surface area contributed by atoms with Crippen molar-refractivity contribution in [3.8, 4) is 11.5 Å². The van der Waals surface area contributed by atoms with Crippen LogP contribution in [-0.4, -0.2) is 40.2 Å². The molecule has 8 nitrogen and oxygen atoms in total. The molecule has 0 radical (unpaired) electrons. The van der Waals surface area contributed by atoms with Gasteiger partial charge in [-0.3, -0.25) is 0 Å². The molecular weight excluding hydrogens is 401 g/mol. The first-order chi connectivity index (χ1) is 12.8. The van der Waals surface area contributed by atoms with E-state index in [1.165, 1.54) is 18.2 Å². The highest BCUT2D eigenvalue weighted by Crippen LogP contribution is 2.48. The molecule has 1 aromatic carbocycles. The van der Waals surface area contributed by atoms with E-state index in [0.29, 0.717) is 33.2 Å². The second-order valence-corrected chi connectivity index (χ2v) is 6.76. The fraction of sp³-hybridized carbons (Fsp3) is 0.176. The lowest BCUT2D eigenvalue weighted by Crippen LogP contribution is -2.49. The summed E-state index contributed by atoms with van der Waals surface area (Å²) in [6, 6.07) is 4.47. The number of fused-ring (bicyclic) bond motifs is 4. The Morgan fingerprint density at radius 2 is 1.96 bits per heavy atom. The molecule has 1 aliphatic carbocycles. The predicted octanol–water partition coefficient (Wildman–Crippen LogP) is 3.51. The van der Waals surface area contributed by atoms with Crippen molar-refractivity contribution in [1.29, 1.82) is 0 Å². The van der Waals surface area contributed by atoms with Gasteiger partial charge in [-0.15, -0.1) is 11.6 Å². The van der Waals surface area contributed by atoms with Gasteiger partial charge in [-0.25, -0.2) is 9.59 Å². The molecule has 10 heteroatoms. The molecule has 140 valence electrons. The highest BCUT2D eigenvalue weighted by Gasteiger charge is 2.45. The summed E-state index contributed by atoms with van der Waals surface area (Å²) in [5.74, 6) is 0.515. The molecule has 0 amide bonds. The Balaban J connectivity index is 1.87. The summed E-state index contributed by atoms with van der Waals surface area (Å²) in [4.78, 5) is 21.9. The quantitative estimate of drug-likeness (QED) is 0.384. The number of carbonyl (C=O) groups is 2. The molecule has 27 heavy (non-hydrogen) atoms. The first-order valence-corrected chi connectivity index (χ1v) is 8.50. The Kier molecular flexibility index (Phi) is 4.16. The molecule has 3 unspecified atom stereocenters. The van der Waals surface area contributed by atoms with E-state index in [-0.39, 0.29) is 5.75 Å². The maximum absolute atomic E-state index is 11.1. The third-order valence-corrected chi connectivity index (χ3v) is 4.81. The molecule has 0 saturated carbocycles. The van der Waals surface area contributed by atoms with Crippen LogP contribution in [0.25, 0.3) is 5.57 Å². The van der Waals surface area contributed by atoms with Crippen molar-refractivity contribution in [2.24, 2.45) is 0 Å². The maximum atomic E-state index is 11.1. The van der Waals surface area contributed by atoms with E-state index < -0.39 is 30.0 Å². The van der Waals surface area contributed by atoms with Crippen molar-refractivity contribution in [2.45, 2.75) is 17.7 Å². The molecule has 0 saturated heterocycles. The van der Waals surface area contributed by atoms with E-state index in [2.05, 4.69) is 5.32 Å². The number of ether oxygens (including phenoxy) is 3. The van der Waals surface area contributed by atoms with Gasteiger partial charge in [0.1, 0.15) is 11.5 Å². The van der Waals surface area contributed by atoms with Crippen molar-refractivity contribution >= 4 is 41.1 Å². The highest BCUT2D eigenvalue weighted by atomic mass is 35.5. The minimum atomic E-state index is -1.48. The number of nitrogens with one attached hydrogen (secondary N) is 1. The van der Waals surface area contributed by atoms with Gasteiger partial charge >= 0.3 is 12.3 Å². The largest absolute Gasteiger partial charge is 0.511 e. The van der Waals surface area contributed by atoms with Gasteiger partial charge in [0.25, 0.3) is 0 Å². The van der Waals surface area contributed by atoms with Crippen molar-refractivity contribution in [2.75, 3.05) is 0 Å². The third-order valence-electron chi connectivity index (χ3n) is 4.23. The molecule has 0 bridgehead atoms. The van der Waals surface area contributed by atoms with Gasteiger partial charge in [-0.2, -0.15) is 0 Å². The van der Waals surface area contributed by atoms with Crippen LogP contribution in [0, 0.1) is 0 Å². The Labute approximate surface area is 162 Å². The summed E-state index contributed by atoms with van der Waals surface area (Å²) in [5, 5.41) is 20.6. The molecule has 3 atom stereocenters. The maximum Gasteiger partial charge on any atom is 0.511 e. The molecule has 0 aromatic heterocycles. The number of alkyl halides is 1. The van der Waals surface area contributed by atoms with Crippen molar-refractivity contribution < 1.29 is 34.0 Å². The SMILES string of the molecule is O=C(O)Oc1ccc2c(c1)C1=C3C(=CC(Cl)=CC3Cl)NC(OC(=O)O)C1O2. The summed E-state index contributed by atoms with van der Waals surface area (Å²) in [5.41, 5.74) is 2.26. The Bertz CT molecular complexity index is 953. The average molecular weight is 412 g/mol. The molecule has 0 spiro atoms. The number of hydrogen-bond donors (Lipinski definition) is 3. The molecular formula is C17H11Cl2NO7. The van der Waals surface area contributed by atoms with Crippen molar-refractivity contribution in [1.82, 2.24) is 5.32 Å². The van der Waals surface area contributed by atoms with Crippen LogP contribution in [0.2, 0.25) is 0 Å². The van der Waals surface area contributed by atoms with E-state index in [1.54, 1.807) is 12.2 Å². The molecule has 4 rings (SSSR count). The van der Waals surface area contributed by atoms with Gasteiger partial charge in [-0.1, -0.05) is 11.6 Å². The lowest BCUT2D eigenvalue weighted by Gasteiger charge is -2.35. The lowest BCUT2D eigenvalue weighted by molar-refractivity contribution is 0.000499. The number of carboxylic acid groups (broad SMARTS) is 2. The molecule has 3 aliphatic rings. The van der Waals surface area contributed by atoms with E-state index in [4.69, 9.17) is 47.6 Å². The number of benzene rings is 1. The zero-order valence-corrected chi connectivity index (χ0v) is 14.8. The lowest BCUT2D eigenvalue weighted by atomic mass is 9.87. The van der Waals surface area contributed by atoms with Gasteiger partial charge < -0.3 is 29.7 Å². The first kappa shape index (κ1) is 17.6. The zero-order valence-electron chi connectivity index (χ0n) is 13.3. The average Bonchev–Trinajstić information content (AvgIpc) is 2.92. The van der Waals surface area contributed by atoms with Crippen LogP contribution in [0.1, 0.15) is 5.56 Å². The smallest absolute Gasteiger partial charge is 0.479 e. The predicted molar refractivity (Wildman–Crippen MR) is 94.1 cm³/mol. The van der Waals surface area contributed by atoms with Crippen LogP contribution in [-0.2, 0) is 4.74 Å². The molecule has 1 aromatic rings. The molecule has 3 N–H and O–H groups in total. The van der Waals surface area contributed by atoms with Gasteiger partial charge in [0.2, 0.25) is 6.23 Å². The van der Waals surface area contributed by atoms with Crippen LogP contribution in [0.5, 0.6) is 11.5 Å². The monoisotopic (exact) mass is 411 g/mol. The Morgan fingerprint density at radius 1 is 1.19 bits per heavy atom. The molecule has 2 aliphatic heterocycles. The van der Waals surface area contributed by atoms with Crippen molar-refractivity contribution in [3.05, 3.63) is 52.2 Å². The zero-order chi connectivity index (χ0) is 19.3. The molecule has 2 heterocycles. The van der Waals surface area contributed by atoms with Gasteiger partial charge in [0.05, 0.1) is 5.38 Å². The highest BCUT2D eigenvalue weighted by molar-refractivity contribution is 6.33. The minimum Gasteiger partial charge on any atom is -0.479 e. The third kappa shape index (κ3) is 3.07. The fourth-order valence-corrected chi connectivity index (χ4v) is 3.99. The van der Waals surface area contributed by atoms with E-state index in [0.717, 1.165) is 0 Å². The van der Waals surface area contributed by atoms with Crippen LogP contribution in [0.4, 0.5) is 9.59 Å². The Morgan fingerprint density at radius 3 is 2.67 bits per heavy atom. The summed E-state index contributed by atoms with van der Waals surface area (Å²) in [6.07, 6.45) is -1.56. The van der Waals surface area contributed by atoms with Gasteiger partial charge in [0.15, 0.2) is 6.10 Å². The second kappa shape index (κ2) is 6.40. The normalized spacial score (nSPS) is 25.0. The van der Waals surface area contributed by atoms with Gasteiger partial charge in [-0.05, 0) is 30.4 Å². The first-order valence-electron chi connectivity index (χ1n) is 7.69.